The number of aryl methyl sites for hydroxylation is 2. The summed E-state index contributed by atoms with van der Waals surface area (Å²) in [4.78, 5) is 13.5. The van der Waals surface area contributed by atoms with Crippen LogP contribution in [0.4, 0.5) is 5.69 Å². The van der Waals surface area contributed by atoms with Gasteiger partial charge in [0.25, 0.3) is 0 Å². The van der Waals surface area contributed by atoms with Crippen molar-refractivity contribution in [2.24, 2.45) is 5.73 Å². The molecule has 1 amide bonds. The highest BCUT2D eigenvalue weighted by molar-refractivity contribution is 5.93. The zero-order valence-corrected chi connectivity index (χ0v) is 10.4. The molecule has 0 aliphatic heterocycles. The summed E-state index contributed by atoms with van der Waals surface area (Å²) in [7, 11) is 1.80. The molecule has 0 aliphatic carbocycles. The Balaban J connectivity index is 2.91. The highest BCUT2D eigenvalue weighted by Gasteiger charge is 2.14. The molecule has 16 heavy (non-hydrogen) atoms. The molecular weight excluding hydrogens is 200 g/mol. The summed E-state index contributed by atoms with van der Waals surface area (Å²) in [6.45, 7) is 5.87. The number of anilines is 1. The molecule has 3 nitrogen and oxygen atoms in total. The highest BCUT2D eigenvalue weighted by Crippen LogP contribution is 2.20. The van der Waals surface area contributed by atoms with E-state index in [9.17, 15) is 4.79 Å². The molecule has 0 radical (unpaired) electrons. The molecule has 0 aromatic heterocycles. The van der Waals surface area contributed by atoms with Gasteiger partial charge in [0.1, 0.15) is 0 Å². The van der Waals surface area contributed by atoms with Gasteiger partial charge in [-0.1, -0.05) is 12.1 Å². The summed E-state index contributed by atoms with van der Waals surface area (Å²) in [6, 6.07) is 6.00. The van der Waals surface area contributed by atoms with Crippen LogP contribution in [-0.4, -0.2) is 19.0 Å². The van der Waals surface area contributed by atoms with Gasteiger partial charge >= 0.3 is 0 Å². The molecule has 0 spiro atoms. The summed E-state index contributed by atoms with van der Waals surface area (Å²) in [5.41, 5.74) is 8.85. The van der Waals surface area contributed by atoms with Crippen LogP contribution in [0.15, 0.2) is 18.2 Å². The third-order valence-corrected chi connectivity index (χ3v) is 2.60. The monoisotopic (exact) mass is 220 g/mol. The fourth-order valence-electron chi connectivity index (χ4n) is 1.63. The number of carbonyl (C=O) groups is 1. The lowest BCUT2D eigenvalue weighted by Gasteiger charge is -2.21. The predicted molar refractivity (Wildman–Crippen MR) is 67.6 cm³/mol. The lowest BCUT2D eigenvalue weighted by atomic mass is 10.1. The highest BCUT2D eigenvalue weighted by atomic mass is 16.2. The average Bonchev–Trinajstić information content (AvgIpc) is 2.19. The quantitative estimate of drug-likeness (QED) is 0.847. The topological polar surface area (TPSA) is 46.3 Å². The molecule has 1 unspecified atom stereocenters. The van der Waals surface area contributed by atoms with E-state index < -0.39 is 0 Å². The Morgan fingerprint density at radius 2 is 2.06 bits per heavy atom. The first kappa shape index (κ1) is 12.7. The van der Waals surface area contributed by atoms with Crippen LogP contribution in [0.3, 0.4) is 0 Å². The van der Waals surface area contributed by atoms with E-state index >= 15 is 0 Å². The van der Waals surface area contributed by atoms with Crippen molar-refractivity contribution in [2.45, 2.75) is 33.2 Å². The second kappa shape index (κ2) is 5.12. The van der Waals surface area contributed by atoms with E-state index in [1.165, 1.54) is 0 Å². The van der Waals surface area contributed by atoms with Crippen LogP contribution in [0.5, 0.6) is 0 Å². The van der Waals surface area contributed by atoms with Crippen molar-refractivity contribution < 1.29 is 4.79 Å². The van der Waals surface area contributed by atoms with Crippen LogP contribution in [0.1, 0.15) is 24.5 Å². The largest absolute Gasteiger partial charge is 0.327 e. The molecule has 1 aromatic carbocycles. The van der Waals surface area contributed by atoms with E-state index in [0.29, 0.717) is 6.42 Å². The number of hydrogen-bond donors (Lipinski definition) is 1. The molecule has 0 saturated heterocycles. The maximum atomic E-state index is 11.9. The first-order valence-electron chi connectivity index (χ1n) is 5.51. The van der Waals surface area contributed by atoms with Gasteiger partial charge in [0.05, 0.1) is 0 Å². The molecule has 0 aliphatic rings. The maximum Gasteiger partial charge on any atom is 0.228 e. The summed E-state index contributed by atoms with van der Waals surface area (Å²) in [5, 5.41) is 0. The number of nitrogens with two attached hydrogens (primary N) is 1. The lowest BCUT2D eigenvalue weighted by Crippen LogP contribution is -2.32. The minimum Gasteiger partial charge on any atom is -0.327 e. The minimum atomic E-state index is -0.0972. The Bertz CT molecular complexity index is 386. The van der Waals surface area contributed by atoms with E-state index in [0.717, 1.165) is 16.8 Å². The van der Waals surface area contributed by atoms with Crippen molar-refractivity contribution in [3.05, 3.63) is 29.3 Å². The fraction of sp³-hybridized carbons (Fsp3) is 0.462. The van der Waals surface area contributed by atoms with Gasteiger partial charge in [0, 0.05) is 25.2 Å². The van der Waals surface area contributed by atoms with E-state index in [4.69, 9.17) is 5.73 Å². The van der Waals surface area contributed by atoms with Crippen LogP contribution in [0.2, 0.25) is 0 Å². The smallest absolute Gasteiger partial charge is 0.228 e. The van der Waals surface area contributed by atoms with Gasteiger partial charge < -0.3 is 10.6 Å². The number of hydrogen-bond acceptors (Lipinski definition) is 2. The van der Waals surface area contributed by atoms with E-state index in [1.54, 1.807) is 11.9 Å². The molecule has 1 rings (SSSR count). The van der Waals surface area contributed by atoms with Crippen LogP contribution < -0.4 is 10.6 Å². The molecule has 2 N–H and O–H groups in total. The van der Waals surface area contributed by atoms with Crippen LogP contribution in [-0.2, 0) is 4.79 Å². The van der Waals surface area contributed by atoms with Crippen LogP contribution >= 0.6 is 0 Å². The molecule has 1 atom stereocenters. The van der Waals surface area contributed by atoms with Crippen molar-refractivity contribution >= 4 is 11.6 Å². The van der Waals surface area contributed by atoms with Gasteiger partial charge in [-0.15, -0.1) is 0 Å². The molecule has 0 saturated carbocycles. The molecule has 3 heteroatoms. The predicted octanol–water partition coefficient (Wildman–Crippen LogP) is 2.00. The van der Waals surface area contributed by atoms with Crippen LogP contribution in [0.25, 0.3) is 0 Å². The molecule has 0 bridgehead atoms. The van der Waals surface area contributed by atoms with E-state index in [1.807, 2.05) is 39.0 Å². The molecular formula is C13H20N2O. The molecule has 1 aromatic rings. The van der Waals surface area contributed by atoms with Crippen molar-refractivity contribution in [3.63, 3.8) is 0 Å². The van der Waals surface area contributed by atoms with Crippen molar-refractivity contribution in [1.29, 1.82) is 0 Å². The third-order valence-electron chi connectivity index (χ3n) is 2.60. The van der Waals surface area contributed by atoms with Crippen LogP contribution in [0, 0.1) is 13.8 Å². The zero-order chi connectivity index (χ0) is 12.3. The summed E-state index contributed by atoms with van der Waals surface area (Å²) < 4.78 is 0. The Hall–Kier alpha value is -1.35. The second-order valence-electron chi connectivity index (χ2n) is 4.42. The molecule has 0 heterocycles. The first-order chi connectivity index (χ1) is 7.41. The first-order valence-corrected chi connectivity index (χ1v) is 5.51. The third kappa shape index (κ3) is 3.07. The Morgan fingerprint density at radius 1 is 1.44 bits per heavy atom. The van der Waals surface area contributed by atoms with E-state index in [-0.39, 0.29) is 11.9 Å². The molecule has 88 valence electrons. The van der Waals surface area contributed by atoms with Gasteiger partial charge in [-0.2, -0.15) is 0 Å². The maximum absolute atomic E-state index is 11.9. The van der Waals surface area contributed by atoms with Gasteiger partial charge in [0.15, 0.2) is 0 Å². The normalized spacial score (nSPS) is 12.3. The van der Waals surface area contributed by atoms with Crippen molar-refractivity contribution in [3.8, 4) is 0 Å². The Labute approximate surface area is 97.2 Å². The number of amides is 1. The fourth-order valence-corrected chi connectivity index (χ4v) is 1.63. The number of benzene rings is 1. The summed E-state index contributed by atoms with van der Waals surface area (Å²) >= 11 is 0. The van der Waals surface area contributed by atoms with Gasteiger partial charge in [0.2, 0.25) is 5.91 Å². The summed E-state index contributed by atoms with van der Waals surface area (Å²) in [5.74, 6) is 0.0590. The number of rotatable bonds is 3. The minimum absolute atomic E-state index is 0.0590. The number of nitrogens with zero attached hydrogens (tertiary/aromatic N) is 1. The second-order valence-corrected chi connectivity index (χ2v) is 4.42. The van der Waals surface area contributed by atoms with Crippen molar-refractivity contribution in [2.75, 3.05) is 11.9 Å². The SMILES string of the molecule is Cc1ccc(C)c(N(C)C(=O)CC(C)N)c1. The summed E-state index contributed by atoms with van der Waals surface area (Å²) in [6.07, 6.45) is 0.379. The van der Waals surface area contributed by atoms with Crippen molar-refractivity contribution in [1.82, 2.24) is 0 Å². The number of carbonyl (C=O) groups excluding carboxylic acids is 1. The molecule has 0 fully saturated rings. The van der Waals surface area contributed by atoms with Gasteiger partial charge in [-0.25, -0.2) is 0 Å². The Kier molecular flexibility index (Phi) is 4.07. The standard InChI is InChI=1S/C13H20N2O/c1-9-5-6-10(2)12(7-9)15(4)13(16)8-11(3)14/h5-7,11H,8,14H2,1-4H3. The Morgan fingerprint density at radius 3 is 2.62 bits per heavy atom. The average molecular weight is 220 g/mol. The lowest BCUT2D eigenvalue weighted by molar-refractivity contribution is -0.118. The van der Waals surface area contributed by atoms with Gasteiger partial charge in [-0.05, 0) is 38.0 Å². The van der Waals surface area contributed by atoms with Gasteiger partial charge in [-0.3, -0.25) is 4.79 Å². The zero-order valence-electron chi connectivity index (χ0n) is 10.4. The van der Waals surface area contributed by atoms with E-state index in [2.05, 4.69) is 0 Å².